The molecule has 3 heterocycles. The molecule has 5 aliphatic rings. The van der Waals surface area contributed by atoms with Gasteiger partial charge in [0.1, 0.15) is 35.1 Å². The van der Waals surface area contributed by atoms with Crippen LogP contribution in [0.2, 0.25) is 0 Å². The molecule has 1 aromatic carbocycles. The van der Waals surface area contributed by atoms with Gasteiger partial charge in [-0.05, 0) is 83.8 Å². The summed E-state index contributed by atoms with van der Waals surface area (Å²) < 4.78 is 87.2. The van der Waals surface area contributed by atoms with Gasteiger partial charge in [-0.15, -0.1) is 0 Å². The third-order valence-electron chi connectivity index (χ3n) is 11.9. The SMILES string of the molecule is COc1ccc2nc(C(F)(F)F)c(O[C@@H]3C[C@H]4C(=O)N[C@]5(C(=O)NS(=O)(=O)C6(C)CC6)C[C@H]5/C=C\CCCCC[C@H](NC(=O)OC5(C)CCC5)C(=O)N4C3)nc2c1. The van der Waals surface area contributed by atoms with Crippen molar-refractivity contribution >= 4 is 44.9 Å². The van der Waals surface area contributed by atoms with Crippen LogP contribution in [-0.2, 0) is 35.3 Å². The Balaban J connectivity index is 1.21. The number of amides is 4. The second-order valence-corrected chi connectivity index (χ2v) is 18.5. The first-order valence-electron chi connectivity index (χ1n) is 19.3. The van der Waals surface area contributed by atoms with Gasteiger partial charge in [0, 0.05) is 18.4 Å². The molecule has 4 amide bonds. The normalized spacial score (nSPS) is 28.9. The largest absolute Gasteiger partial charge is 0.497 e. The fraction of sp³-hybridized carbons (Fsp3) is 0.632. The highest BCUT2D eigenvalue weighted by molar-refractivity contribution is 7.91. The lowest BCUT2D eigenvalue weighted by Gasteiger charge is -2.38. The van der Waals surface area contributed by atoms with E-state index in [4.69, 9.17) is 14.2 Å². The number of halogens is 3. The van der Waals surface area contributed by atoms with Crippen LogP contribution in [0.4, 0.5) is 18.0 Å². The Kier molecular flexibility index (Phi) is 10.6. The van der Waals surface area contributed by atoms with Crippen molar-refractivity contribution in [3.63, 3.8) is 0 Å². The zero-order valence-electron chi connectivity index (χ0n) is 31.9. The summed E-state index contributed by atoms with van der Waals surface area (Å²) in [6.07, 6.45) is 1.90. The Morgan fingerprint density at radius 3 is 2.44 bits per heavy atom. The van der Waals surface area contributed by atoms with Crippen molar-refractivity contribution in [2.75, 3.05) is 13.7 Å². The van der Waals surface area contributed by atoms with Crippen LogP contribution < -0.4 is 24.8 Å². The van der Waals surface area contributed by atoms with Gasteiger partial charge in [0.05, 0.1) is 29.4 Å². The molecule has 2 aromatic rings. The molecule has 3 saturated carbocycles. The van der Waals surface area contributed by atoms with Gasteiger partial charge in [-0.25, -0.2) is 23.2 Å². The summed E-state index contributed by atoms with van der Waals surface area (Å²) in [4.78, 5) is 64.9. The van der Waals surface area contributed by atoms with Crippen molar-refractivity contribution in [3.05, 3.63) is 36.0 Å². The van der Waals surface area contributed by atoms with Gasteiger partial charge in [0.15, 0.2) is 0 Å². The monoisotopic (exact) mass is 820 g/mol. The summed E-state index contributed by atoms with van der Waals surface area (Å²) in [5.41, 5.74) is -3.81. The summed E-state index contributed by atoms with van der Waals surface area (Å²) in [6, 6.07) is 1.56. The molecule has 3 N–H and O–H groups in total. The van der Waals surface area contributed by atoms with E-state index in [0.29, 0.717) is 57.1 Å². The number of hydrogen-bond donors (Lipinski definition) is 3. The van der Waals surface area contributed by atoms with Crippen LogP contribution in [0.1, 0.15) is 96.6 Å². The number of nitrogens with zero attached hydrogens (tertiary/aromatic N) is 3. The third-order valence-corrected chi connectivity index (χ3v) is 14.1. The molecule has 310 valence electrons. The van der Waals surface area contributed by atoms with E-state index in [2.05, 4.69) is 25.3 Å². The van der Waals surface area contributed by atoms with E-state index >= 15 is 0 Å². The highest BCUT2D eigenvalue weighted by Gasteiger charge is 2.63. The second-order valence-electron chi connectivity index (χ2n) is 16.3. The molecule has 4 fully saturated rings. The summed E-state index contributed by atoms with van der Waals surface area (Å²) >= 11 is 0. The predicted octanol–water partition coefficient (Wildman–Crippen LogP) is 4.44. The number of benzene rings is 1. The Hall–Kier alpha value is -4.68. The summed E-state index contributed by atoms with van der Waals surface area (Å²) in [7, 11) is -2.71. The van der Waals surface area contributed by atoms with E-state index < -0.39 is 98.1 Å². The molecular formula is C38H47F3N6O9S. The zero-order chi connectivity index (χ0) is 41.0. The highest BCUT2D eigenvalue weighted by Crippen LogP contribution is 2.48. The minimum absolute atomic E-state index is 0.0396. The van der Waals surface area contributed by atoms with Crippen molar-refractivity contribution in [2.24, 2.45) is 5.92 Å². The van der Waals surface area contributed by atoms with E-state index in [9.17, 15) is 40.8 Å². The van der Waals surface area contributed by atoms with E-state index in [1.807, 2.05) is 6.08 Å². The quantitative estimate of drug-likeness (QED) is 0.319. The Bertz CT molecular complexity index is 2090. The van der Waals surface area contributed by atoms with E-state index in [1.165, 1.54) is 32.2 Å². The lowest BCUT2D eigenvalue weighted by Crippen LogP contribution is -2.59. The smallest absolute Gasteiger partial charge is 0.438 e. The van der Waals surface area contributed by atoms with Gasteiger partial charge in [-0.3, -0.25) is 19.1 Å². The van der Waals surface area contributed by atoms with Gasteiger partial charge in [0.25, 0.3) is 5.91 Å². The van der Waals surface area contributed by atoms with E-state index in [1.54, 1.807) is 13.0 Å². The van der Waals surface area contributed by atoms with Gasteiger partial charge in [0.2, 0.25) is 33.4 Å². The number of alkyl carbamates (subject to hydrolysis) is 1. The Morgan fingerprint density at radius 2 is 1.77 bits per heavy atom. The van der Waals surface area contributed by atoms with Crippen molar-refractivity contribution < 1.29 is 55.0 Å². The molecule has 7 rings (SSSR count). The topological polar surface area (TPSA) is 195 Å². The number of hydrogen-bond acceptors (Lipinski definition) is 11. The van der Waals surface area contributed by atoms with Crippen molar-refractivity contribution in [1.82, 2.24) is 30.2 Å². The van der Waals surface area contributed by atoms with Crippen LogP contribution in [0.25, 0.3) is 11.0 Å². The van der Waals surface area contributed by atoms with Crippen molar-refractivity contribution in [2.45, 2.75) is 131 Å². The fourth-order valence-electron chi connectivity index (χ4n) is 7.69. The van der Waals surface area contributed by atoms with Crippen LogP contribution in [-0.4, -0.2) is 94.8 Å². The maximum atomic E-state index is 14.5. The first-order valence-corrected chi connectivity index (χ1v) is 20.8. The number of methoxy groups -OCH3 is 1. The van der Waals surface area contributed by atoms with Gasteiger partial charge in [-0.1, -0.05) is 25.0 Å². The molecule has 3 aliphatic carbocycles. The van der Waals surface area contributed by atoms with Crippen molar-refractivity contribution in [1.29, 1.82) is 0 Å². The number of fused-ring (bicyclic) bond motifs is 3. The molecule has 5 atom stereocenters. The lowest BCUT2D eigenvalue weighted by molar-refractivity contribution is -0.143. The average Bonchev–Trinajstić information content (AvgIpc) is 4.02. The molecule has 1 aromatic heterocycles. The molecule has 15 nitrogen and oxygen atoms in total. The van der Waals surface area contributed by atoms with Crippen molar-refractivity contribution in [3.8, 4) is 11.6 Å². The first-order chi connectivity index (χ1) is 26.9. The summed E-state index contributed by atoms with van der Waals surface area (Å²) in [6.45, 7) is 2.92. The minimum atomic E-state index is -5.00. The van der Waals surface area contributed by atoms with Crippen LogP contribution in [0.15, 0.2) is 30.4 Å². The maximum Gasteiger partial charge on any atom is 0.438 e. The van der Waals surface area contributed by atoms with Crippen LogP contribution in [0, 0.1) is 5.92 Å². The molecule has 2 aliphatic heterocycles. The van der Waals surface area contributed by atoms with E-state index in [0.717, 1.165) is 11.3 Å². The van der Waals surface area contributed by atoms with Crippen LogP contribution in [0.3, 0.4) is 0 Å². The molecule has 0 bridgehead atoms. The molecule has 1 saturated heterocycles. The maximum absolute atomic E-state index is 14.5. The molecular weight excluding hydrogens is 774 g/mol. The molecule has 19 heteroatoms. The summed E-state index contributed by atoms with van der Waals surface area (Å²) in [5, 5.41) is 5.40. The summed E-state index contributed by atoms with van der Waals surface area (Å²) in [5.74, 6) is -3.61. The number of allylic oxidation sites excluding steroid dienone is 1. The third kappa shape index (κ3) is 8.34. The lowest BCUT2D eigenvalue weighted by atomic mass is 9.82. The molecule has 57 heavy (non-hydrogen) atoms. The number of alkyl halides is 3. The van der Waals surface area contributed by atoms with Crippen LogP contribution >= 0.6 is 0 Å². The van der Waals surface area contributed by atoms with Gasteiger partial charge >= 0.3 is 12.3 Å². The van der Waals surface area contributed by atoms with Gasteiger partial charge in [-0.2, -0.15) is 13.2 Å². The Labute approximate surface area is 327 Å². The second kappa shape index (κ2) is 14.9. The van der Waals surface area contributed by atoms with Crippen LogP contribution in [0.5, 0.6) is 11.6 Å². The number of carbonyl (C=O) groups is 4. The molecule has 0 unspecified atom stereocenters. The standard InChI is InChI=1S/C38H47F3N6O9S/c1-35(14-9-15-35)56-34(51)44-26-11-8-6-4-5-7-10-22-20-37(22,33(50)46-57(52,53)36(2)16-17-36)45-30(48)28-19-24(21-47(28)32(26)49)55-31-29(38(39,40)41)42-25-13-12-23(54-3)18-27(25)43-31/h7,10,12-13,18,22,24,26,28H,4-6,8-9,11,14-17,19-21H2,1-3H3,(H,44,51)(H,45,48)(H,46,50)/b10-7-/t22-,24-,26+,28+,37-/m1/s1. The first kappa shape index (κ1) is 40.5. The number of ether oxygens (including phenoxy) is 3. The molecule has 0 spiro atoms. The number of nitrogens with one attached hydrogen (secondary N) is 3. The fourth-order valence-corrected chi connectivity index (χ4v) is 9.00. The minimum Gasteiger partial charge on any atom is -0.497 e. The number of carbonyl (C=O) groups excluding carboxylic acids is 4. The van der Waals surface area contributed by atoms with E-state index in [-0.39, 0.29) is 30.3 Å². The predicted molar refractivity (Wildman–Crippen MR) is 197 cm³/mol. The highest BCUT2D eigenvalue weighted by atomic mass is 32.2. The van der Waals surface area contributed by atoms with Gasteiger partial charge < -0.3 is 29.7 Å². The number of aromatic nitrogens is 2. The molecule has 0 radical (unpaired) electrons. The zero-order valence-corrected chi connectivity index (χ0v) is 32.8. The number of sulfonamides is 1. The Morgan fingerprint density at radius 1 is 1.02 bits per heavy atom. The average molecular weight is 821 g/mol. The number of rotatable bonds is 8.